The summed E-state index contributed by atoms with van der Waals surface area (Å²) >= 11 is 5.88. The highest BCUT2D eigenvalue weighted by Gasteiger charge is 2.22. The van der Waals surface area contributed by atoms with Gasteiger partial charge >= 0.3 is 0 Å². The van der Waals surface area contributed by atoms with E-state index in [1.807, 2.05) is 0 Å². The van der Waals surface area contributed by atoms with E-state index in [1.165, 1.54) is 6.07 Å². The molecule has 0 bridgehead atoms. The minimum Gasteiger partial charge on any atom is -0.595 e. The number of hydrogen-bond donors (Lipinski definition) is 3. The number of nitrogens with two attached hydrogens (primary N) is 1. The third-order valence-electron chi connectivity index (χ3n) is 2.49. The van der Waals surface area contributed by atoms with Crippen LogP contribution in [0, 0.1) is 5.21 Å². The molecule has 0 amide bonds. The molecule has 1 heterocycles. The summed E-state index contributed by atoms with van der Waals surface area (Å²) in [5.74, 6) is 0.670. The number of nitrogen functional groups attached to an aromatic ring is 1. The number of rotatable bonds is 1. The van der Waals surface area contributed by atoms with Gasteiger partial charge in [-0.3, -0.25) is 0 Å². The predicted octanol–water partition coefficient (Wildman–Crippen LogP) is 0.877. The van der Waals surface area contributed by atoms with Crippen LogP contribution in [-0.4, -0.2) is 18.4 Å². The molecule has 1 aliphatic rings. The number of fused-ring (bicyclic) bond motifs is 1. The van der Waals surface area contributed by atoms with Crippen molar-refractivity contribution in [1.29, 1.82) is 0 Å². The highest BCUT2D eigenvalue weighted by atomic mass is 35.5. The van der Waals surface area contributed by atoms with Crippen molar-refractivity contribution in [3.05, 3.63) is 16.3 Å². The van der Waals surface area contributed by atoms with Gasteiger partial charge in [-0.05, 0) is 12.8 Å². The Balaban J connectivity index is 2.50. The van der Waals surface area contributed by atoms with Gasteiger partial charge in [-0.25, -0.2) is 5.21 Å². The van der Waals surface area contributed by atoms with Crippen molar-refractivity contribution in [1.82, 2.24) is 0 Å². The number of benzene rings is 1. The summed E-state index contributed by atoms with van der Waals surface area (Å²) in [6.07, 6.45) is 1.71. The molecule has 0 aliphatic carbocycles. The van der Waals surface area contributed by atoms with Gasteiger partial charge in [-0.15, -0.1) is 0 Å². The van der Waals surface area contributed by atoms with Crippen molar-refractivity contribution in [2.45, 2.75) is 12.8 Å². The monoisotopic (exact) mass is 260 g/mol. The minimum absolute atomic E-state index is 0.0135. The molecule has 0 radical (unpaired) electrons. The maximum Gasteiger partial charge on any atom is 0.188 e. The number of quaternary nitrogens is 1. The molecule has 94 valence electrons. The van der Waals surface area contributed by atoms with Crippen LogP contribution in [0.1, 0.15) is 12.8 Å². The summed E-state index contributed by atoms with van der Waals surface area (Å²) < 4.78 is 10.9. The molecule has 0 saturated heterocycles. The van der Waals surface area contributed by atoms with E-state index in [-0.39, 0.29) is 16.4 Å². The van der Waals surface area contributed by atoms with E-state index in [2.05, 4.69) is 0 Å². The number of hydrogen-bond acceptors (Lipinski definition) is 5. The van der Waals surface area contributed by atoms with Gasteiger partial charge in [-0.2, -0.15) is 5.23 Å². The van der Waals surface area contributed by atoms with Crippen molar-refractivity contribution in [3.8, 4) is 11.5 Å². The lowest BCUT2D eigenvalue weighted by molar-refractivity contribution is -0.991. The van der Waals surface area contributed by atoms with Gasteiger partial charge < -0.3 is 20.4 Å². The number of ether oxygens (including phenoxy) is 2. The summed E-state index contributed by atoms with van der Waals surface area (Å²) in [6.45, 7) is 1.03. The van der Waals surface area contributed by atoms with Gasteiger partial charge in [0.1, 0.15) is 10.7 Å². The van der Waals surface area contributed by atoms with Crippen molar-refractivity contribution in [3.63, 3.8) is 0 Å². The van der Waals surface area contributed by atoms with Crippen molar-refractivity contribution in [2.75, 3.05) is 18.9 Å². The summed E-state index contributed by atoms with van der Waals surface area (Å²) in [5, 5.41) is 18.8. The molecular weight excluding hydrogens is 248 g/mol. The Bertz CT molecular complexity index is 425. The smallest absolute Gasteiger partial charge is 0.188 e. The molecule has 17 heavy (non-hydrogen) atoms. The van der Waals surface area contributed by atoms with Crippen LogP contribution in [0.2, 0.25) is 5.02 Å². The van der Waals surface area contributed by atoms with Crippen LogP contribution in [0.15, 0.2) is 6.07 Å². The van der Waals surface area contributed by atoms with Crippen LogP contribution in [0.4, 0.5) is 11.4 Å². The maximum absolute atomic E-state index is 11.0. The summed E-state index contributed by atoms with van der Waals surface area (Å²) in [6, 6.07) is 1.35. The summed E-state index contributed by atoms with van der Waals surface area (Å²) in [7, 11) is 0. The first-order valence-electron chi connectivity index (χ1n) is 5.22. The van der Waals surface area contributed by atoms with Gasteiger partial charge in [0.2, 0.25) is 0 Å². The largest absolute Gasteiger partial charge is 0.595 e. The minimum atomic E-state index is -1.14. The second-order valence-corrected chi connectivity index (χ2v) is 4.07. The molecule has 0 saturated carbocycles. The SMILES string of the molecule is Nc1c(Cl)c([NH+]([O-])O)cc2c1OCCCCO2. The fourth-order valence-electron chi connectivity index (χ4n) is 1.61. The van der Waals surface area contributed by atoms with Crippen molar-refractivity contribution in [2.24, 2.45) is 0 Å². The van der Waals surface area contributed by atoms with E-state index >= 15 is 0 Å². The Kier molecular flexibility index (Phi) is 3.58. The third kappa shape index (κ3) is 2.39. The van der Waals surface area contributed by atoms with Gasteiger partial charge in [-0.1, -0.05) is 11.6 Å². The molecular formula is C10H13ClN2O4. The average molecular weight is 261 g/mol. The Morgan fingerprint density at radius 3 is 2.65 bits per heavy atom. The Hall–Kier alpha value is -1.21. The van der Waals surface area contributed by atoms with Gasteiger partial charge in [0.25, 0.3) is 0 Å². The van der Waals surface area contributed by atoms with Crippen LogP contribution < -0.4 is 20.4 Å². The van der Waals surface area contributed by atoms with E-state index in [1.54, 1.807) is 0 Å². The first-order valence-corrected chi connectivity index (χ1v) is 5.60. The van der Waals surface area contributed by atoms with Gasteiger partial charge in [0.15, 0.2) is 17.2 Å². The number of halogens is 1. The molecule has 1 aromatic rings. The van der Waals surface area contributed by atoms with E-state index in [0.29, 0.717) is 24.7 Å². The quantitative estimate of drug-likeness (QED) is 0.515. The Morgan fingerprint density at radius 1 is 1.35 bits per heavy atom. The predicted molar refractivity (Wildman–Crippen MR) is 61.9 cm³/mol. The Labute approximate surface area is 103 Å². The molecule has 0 spiro atoms. The fourth-order valence-corrected chi connectivity index (χ4v) is 1.83. The molecule has 1 unspecified atom stereocenters. The first-order chi connectivity index (χ1) is 8.11. The fraction of sp³-hybridized carbons (Fsp3) is 0.400. The maximum atomic E-state index is 11.0. The lowest BCUT2D eigenvalue weighted by atomic mass is 10.2. The van der Waals surface area contributed by atoms with Gasteiger partial charge in [0.05, 0.1) is 19.3 Å². The second-order valence-electron chi connectivity index (χ2n) is 3.69. The van der Waals surface area contributed by atoms with Crippen LogP contribution >= 0.6 is 11.6 Å². The zero-order valence-corrected chi connectivity index (χ0v) is 9.79. The molecule has 6 nitrogen and oxygen atoms in total. The van der Waals surface area contributed by atoms with E-state index in [4.69, 9.17) is 32.0 Å². The van der Waals surface area contributed by atoms with E-state index in [0.717, 1.165) is 12.8 Å². The van der Waals surface area contributed by atoms with Crippen molar-refractivity contribution >= 4 is 23.0 Å². The molecule has 7 heteroatoms. The lowest BCUT2D eigenvalue weighted by Crippen LogP contribution is -2.99. The summed E-state index contributed by atoms with van der Waals surface area (Å²) in [5.41, 5.74) is 5.80. The normalized spacial score (nSPS) is 17.1. The molecule has 2 rings (SSSR count). The van der Waals surface area contributed by atoms with Crippen molar-refractivity contribution < 1.29 is 19.9 Å². The molecule has 4 N–H and O–H groups in total. The lowest BCUT2D eigenvalue weighted by Gasteiger charge is -2.21. The average Bonchev–Trinajstić information content (AvgIpc) is 2.24. The van der Waals surface area contributed by atoms with Crippen LogP contribution in [-0.2, 0) is 0 Å². The molecule has 0 fully saturated rings. The first kappa shape index (κ1) is 12.3. The molecule has 1 aromatic carbocycles. The number of anilines is 1. The summed E-state index contributed by atoms with van der Waals surface area (Å²) in [4.78, 5) is 0. The molecule has 1 atom stereocenters. The van der Waals surface area contributed by atoms with Crippen LogP contribution in [0.25, 0.3) is 0 Å². The van der Waals surface area contributed by atoms with Crippen LogP contribution in [0.3, 0.4) is 0 Å². The second kappa shape index (κ2) is 4.97. The van der Waals surface area contributed by atoms with Crippen LogP contribution in [0.5, 0.6) is 11.5 Å². The zero-order valence-electron chi connectivity index (χ0n) is 9.03. The van der Waals surface area contributed by atoms with E-state index in [9.17, 15) is 5.21 Å². The molecule has 1 aliphatic heterocycles. The third-order valence-corrected chi connectivity index (χ3v) is 2.90. The van der Waals surface area contributed by atoms with Gasteiger partial charge in [0, 0.05) is 0 Å². The number of nitrogens with one attached hydrogen (secondary N) is 1. The van der Waals surface area contributed by atoms with E-state index < -0.39 is 5.23 Å². The highest BCUT2D eigenvalue weighted by molar-refractivity contribution is 6.35. The highest BCUT2D eigenvalue weighted by Crippen LogP contribution is 2.42. The zero-order chi connectivity index (χ0) is 12.4. The standard InChI is InChI=1S/C10H13ClN2O4/c11-8-6(13(14)15)5-7-10(9(8)12)17-4-2-1-3-16-7/h5,13-14H,1-4,12H2. The molecule has 0 aromatic heterocycles. The topological polar surface area (TPSA) is 92.2 Å². The Morgan fingerprint density at radius 2 is 2.00 bits per heavy atom.